The number of carboxylic acid groups (broad SMARTS) is 3. The van der Waals surface area contributed by atoms with Crippen LogP contribution in [0.4, 0.5) is 0 Å². The summed E-state index contributed by atoms with van der Waals surface area (Å²) in [5.41, 5.74) is -3.85. The molecule has 24 heavy (non-hydrogen) atoms. The molecule has 1 aliphatic carbocycles. The zero-order chi connectivity index (χ0) is 18.6. The van der Waals surface area contributed by atoms with Crippen molar-refractivity contribution in [2.45, 2.75) is 78.6 Å². The van der Waals surface area contributed by atoms with Crippen molar-refractivity contribution < 1.29 is 29.7 Å². The summed E-state index contributed by atoms with van der Waals surface area (Å²) < 4.78 is 0. The molecule has 0 aromatic carbocycles. The van der Waals surface area contributed by atoms with E-state index in [1.165, 1.54) is 0 Å². The van der Waals surface area contributed by atoms with E-state index in [0.717, 1.165) is 0 Å². The van der Waals surface area contributed by atoms with Crippen LogP contribution < -0.4 is 0 Å². The van der Waals surface area contributed by atoms with Gasteiger partial charge in [-0.05, 0) is 38.5 Å². The second kappa shape index (κ2) is 7.53. The van der Waals surface area contributed by atoms with Gasteiger partial charge in [0.25, 0.3) is 0 Å². The van der Waals surface area contributed by atoms with Gasteiger partial charge >= 0.3 is 17.9 Å². The van der Waals surface area contributed by atoms with Gasteiger partial charge in [0.15, 0.2) is 0 Å². The topological polar surface area (TPSA) is 112 Å². The van der Waals surface area contributed by atoms with Crippen LogP contribution in [0.3, 0.4) is 0 Å². The Balaban J connectivity index is 3.56. The first-order valence-electron chi connectivity index (χ1n) is 8.84. The van der Waals surface area contributed by atoms with Gasteiger partial charge in [-0.15, -0.1) is 0 Å². The first-order chi connectivity index (χ1) is 11.1. The molecule has 0 radical (unpaired) electrons. The monoisotopic (exact) mass is 342 g/mol. The molecule has 1 aliphatic rings. The fourth-order valence-electron chi connectivity index (χ4n) is 4.87. The highest BCUT2D eigenvalue weighted by Gasteiger charge is 2.62. The van der Waals surface area contributed by atoms with Crippen molar-refractivity contribution in [1.82, 2.24) is 0 Å². The first-order valence-corrected chi connectivity index (χ1v) is 8.84. The third kappa shape index (κ3) is 3.57. The Morgan fingerprint density at radius 3 is 0.958 bits per heavy atom. The van der Waals surface area contributed by atoms with E-state index in [0.29, 0.717) is 38.5 Å². The maximum atomic E-state index is 12.1. The quantitative estimate of drug-likeness (QED) is 0.588. The van der Waals surface area contributed by atoms with Crippen LogP contribution in [-0.2, 0) is 14.4 Å². The highest BCUT2D eigenvalue weighted by molar-refractivity contribution is 5.84. The Kier molecular flexibility index (Phi) is 6.42. The van der Waals surface area contributed by atoms with Crippen LogP contribution in [-0.4, -0.2) is 33.2 Å². The molecule has 0 aliphatic heterocycles. The summed E-state index contributed by atoms with van der Waals surface area (Å²) >= 11 is 0. The van der Waals surface area contributed by atoms with E-state index in [2.05, 4.69) is 0 Å². The van der Waals surface area contributed by atoms with Crippen LogP contribution in [0.2, 0.25) is 0 Å². The maximum Gasteiger partial charge on any atom is 0.309 e. The minimum Gasteiger partial charge on any atom is -0.481 e. The molecule has 0 bridgehead atoms. The molecule has 6 nitrogen and oxygen atoms in total. The molecule has 1 rings (SSSR count). The second-order valence-corrected chi connectivity index (χ2v) is 7.54. The van der Waals surface area contributed by atoms with E-state index >= 15 is 0 Å². The smallest absolute Gasteiger partial charge is 0.309 e. The van der Waals surface area contributed by atoms with E-state index in [1.54, 1.807) is 0 Å². The summed E-state index contributed by atoms with van der Waals surface area (Å²) in [5, 5.41) is 29.7. The third-order valence-corrected chi connectivity index (χ3v) is 5.58. The first kappa shape index (κ1) is 20.5. The minimum absolute atomic E-state index is 0.0189. The number of carboxylic acids is 3. The summed E-state index contributed by atoms with van der Waals surface area (Å²) in [4.78, 5) is 36.3. The fraction of sp³-hybridized carbons (Fsp3) is 0.833. The molecule has 0 heterocycles. The summed E-state index contributed by atoms with van der Waals surface area (Å²) in [5.74, 6) is -3.19. The van der Waals surface area contributed by atoms with Crippen molar-refractivity contribution in [2.75, 3.05) is 0 Å². The number of carbonyl (C=O) groups is 3. The number of hydrogen-bond acceptors (Lipinski definition) is 3. The lowest BCUT2D eigenvalue weighted by Gasteiger charge is -2.51. The Labute approximate surface area is 143 Å². The Hall–Kier alpha value is -1.59. The lowest BCUT2D eigenvalue weighted by Crippen LogP contribution is -2.55. The number of aliphatic carboxylic acids is 3. The number of hydrogen-bond donors (Lipinski definition) is 3. The summed E-state index contributed by atoms with van der Waals surface area (Å²) in [6.45, 7) is 5.55. The van der Waals surface area contributed by atoms with Crippen molar-refractivity contribution in [3.05, 3.63) is 0 Å². The van der Waals surface area contributed by atoms with Crippen molar-refractivity contribution in [1.29, 1.82) is 0 Å². The lowest BCUT2D eigenvalue weighted by atomic mass is 9.50. The Bertz CT molecular complexity index is 418. The second-order valence-electron chi connectivity index (χ2n) is 7.54. The fourth-order valence-corrected chi connectivity index (χ4v) is 4.87. The van der Waals surface area contributed by atoms with Crippen LogP contribution in [0, 0.1) is 16.2 Å². The molecule has 0 aromatic heterocycles. The molecule has 138 valence electrons. The van der Waals surface area contributed by atoms with E-state index in [-0.39, 0.29) is 19.3 Å². The van der Waals surface area contributed by atoms with E-state index in [9.17, 15) is 29.7 Å². The van der Waals surface area contributed by atoms with Crippen LogP contribution in [0.15, 0.2) is 0 Å². The molecule has 0 saturated heterocycles. The lowest BCUT2D eigenvalue weighted by molar-refractivity contribution is -0.181. The summed E-state index contributed by atoms with van der Waals surface area (Å²) in [6, 6.07) is 0. The van der Waals surface area contributed by atoms with Gasteiger partial charge in [-0.1, -0.05) is 40.0 Å². The standard InChI is InChI=1S/C18H30O6/c1-4-7-16(13(19)20)10-17(8-5-2,14(21)22)12-18(11-16,9-6-3)15(23)24/h4-12H2,1-3H3,(H,19,20)(H,21,22)(H,23,24). The van der Waals surface area contributed by atoms with Crippen LogP contribution in [0.25, 0.3) is 0 Å². The van der Waals surface area contributed by atoms with Gasteiger partial charge in [0.2, 0.25) is 0 Å². The van der Waals surface area contributed by atoms with Crippen LogP contribution >= 0.6 is 0 Å². The molecular weight excluding hydrogens is 312 g/mol. The predicted molar refractivity (Wildman–Crippen MR) is 88.8 cm³/mol. The van der Waals surface area contributed by atoms with Crippen molar-refractivity contribution in [3.63, 3.8) is 0 Å². The molecule has 6 heteroatoms. The van der Waals surface area contributed by atoms with E-state index in [1.807, 2.05) is 20.8 Å². The molecule has 1 fully saturated rings. The molecule has 0 unspecified atom stereocenters. The minimum atomic E-state index is -1.28. The van der Waals surface area contributed by atoms with Crippen LogP contribution in [0.5, 0.6) is 0 Å². The zero-order valence-corrected chi connectivity index (χ0v) is 14.9. The van der Waals surface area contributed by atoms with E-state index < -0.39 is 34.2 Å². The zero-order valence-electron chi connectivity index (χ0n) is 14.9. The Morgan fingerprint density at radius 2 is 0.833 bits per heavy atom. The van der Waals surface area contributed by atoms with Gasteiger partial charge in [0.1, 0.15) is 0 Å². The Morgan fingerprint density at radius 1 is 0.625 bits per heavy atom. The van der Waals surface area contributed by atoms with Gasteiger partial charge < -0.3 is 15.3 Å². The van der Waals surface area contributed by atoms with E-state index in [4.69, 9.17) is 0 Å². The average molecular weight is 342 g/mol. The number of rotatable bonds is 9. The van der Waals surface area contributed by atoms with Crippen molar-refractivity contribution >= 4 is 17.9 Å². The highest BCUT2D eigenvalue weighted by Crippen LogP contribution is 2.59. The predicted octanol–water partition coefficient (Wildman–Crippen LogP) is 3.78. The average Bonchev–Trinajstić information content (AvgIpc) is 2.47. The van der Waals surface area contributed by atoms with Gasteiger partial charge in [-0.3, -0.25) is 14.4 Å². The van der Waals surface area contributed by atoms with Gasteiger partial charge in [-0.2, -0.15) is 0 Å². The molecular formula is C18H30O6. The molecule has 0 amide bonds. The summed E-state index contributed by atoms with van der Waals surface area (Å²) in [6.07, 6.45) is 2.71. The van der Waals surface area contributed by atoms with Crippen LogP contribution in [0.1, 0.15) is 78.6 Å². The maximum absolute atomic E-state index is 12.1. The van der Waals surface area contributed by atoms with Gasteiger partial charge in [0.05, 0.1) is 16.2 Å². The van der Waals surface area contributed by atoms with Crippen molar-refractivity contribution in [2.24, 2.45) is 16.2 Å². The molecule has 0 aromatic rings. The van der Waals surface area contributed by atoms with Gasteiger partial charge in [0, 0.05) is 0 Å². The highest BCUT2D eigenvalue weighted by atomic mass is 16.4. The molecule has 0 spiro atoms. The molecule has 1 saturated carbocycles. The van der Waals surface area contributed by atoms with Crippen molar-refractivity contribution in [3.8, 4) is 0 Å². The largest absolute Gasteiger partial charge is 0.481 e. The SMILES string of the molecule is CCCC1(C(=O)O)CC(CCC)(C(=O)O)CC(CCC)(C(=O)O)C1. The van der Waals surface area contributed by atoms with Gasteiger partial charge in [-0.25, -0.2) is 0 Å². The summed E-state index contributed by atoms with van der Waals surface area (Å²) in [7, 11) is 0. The third-order valence-electron chi connectivity index (χ3n) is 5.58. The molecule has 3 N–H and O–H groups in total. The molecule has 0 atom stereocenters. The normalized spacial score (nSPS) is 33.1.